The van der Waals surface area contributed by atoms with E-state index in [1.807, 2.05) is 52.0 Å². The van der Waals surface area contributed by atoms with Crippen LogP contribution in [0.4, 0.5) is 0 Å². The largest absolute Gasteiger partial charge is 0.480 e. The summed E-state index contributed by atoms with van der Waals surface area (Å²) in [5.41, 5.74) is 2.32. The zero-order chi connectivity index (χ0) is 13.0. The van der Waals surface area contributed by atoms with Gasteiger partial charge in [-0.25, -0.2) is 0 Å². The van der Waals surface area contributed by atoms with Crippen molar-refractivity contribution in [3.05, 3.63) is 35.4 Å². The molecule has 2 atom stereocenters. The molecule has 1 rings (SSSR count). The molecule has 1 aromatic rings. The van der Waals surface area contributed by atoms with E-state index < -0.39 is 12.0 Å². The van der Waals surface area contributed by atoms with Gasteiger partial charge in [-0.2, -0.15) is 0 Å². The van der Waals surface area contributed by atoms with Crippen LogP contribution in [-0.4, -0.2) is 17.1 Å². The molecule has 0 aliphatic carbocycles. The summed E-state index contributed by atoms with van der Waals surface area (Å²) < 4.78 is 0. The van der Waals surface area contributed by atoms with Gasteiger partial charge in [-0.1, -0.05) is 43.7 Å². The van der Waals surface area contributed by atoms with E-state index >= 15 is 0 Å². The van der Waals surface area contributed by atoms with Gasteiger partial charge in [-0.05, 0) is 25.3 Å². The smallest absolute Gasteiger partial charge is 0.320 e. The molecule has 0 aliphatic rings. The first kappa shape index (κ1) is 13.7. The molecule has 0 heterocycles. The number of rotatable bonds is 5. The van der Waals surface area contributed by atoms with Crippen LogP contribution in [0.15, 0.2) is 24.3 Å². The highest BCUT2D eigenvalue weighted by atomic mass is 16.4. The van der Waals surface area contributed by atoms with E-state index in [9.17, 15) is 4.79 Å². The third-order valence-electron chi connectivity index (χ3n) is 2.94. The van der Waals surface area contributed by atoms with E-state index in [1.54, 1.807) is 0 Å². The Balaban J connectivity index is 2.73. The fraction of sp³-hybridized carbons (Fsp3) is 0.500. The first-order valence-electron chi connectivity index (χ1n) is 5.97. The van der Waals surface area contributed by atoms with Crippen molar-refractivity contribution in [3.8, 4) is 0 Å². The molecule has 3 nitrogen and oxygen atoms in total. The lowest BCUT2D eigenvalue weighted by molar-refractivity contribution is -0.140. The second kappa shape index (κ2) is 5.82. The number of hydrogen-bond donors (Lipinski definition) is 2. The minimum atomic E-state index is -0.793. The van der Waals surface area contributed by atoms with E-state index in [0.717, 1.165) is 5.56 Å². The van der Waals surface area contributed by atoms with Crippen LogP contribution in [0.1, 0.15) is 37.9 Å². The summed E-state index contributed by atoms with van der Waals surface area (Å²) in [6.45, 7) is 7.85. The number of nitrogens with one attached hydrogen (secondary N) is 1. The highest BCUT2D eigenvalue weighted by Crippen LogP contribution is 2.15. The normalized spacial score (nSPS) is 14.6. The highest BCUT2D eigenvalue weighted by molar-refractivity contribution is 5.73. The predicted molar refractivity (Wildman–Crippen MR) is 69.0 cm³/mol. The molecule has 0 spiro atoms. The van der Waals surface area contributed by atoms with Gasteiger partial charge in [0.2, 0.25) is 0 Å². The minimum Gasteiger partial charge on any atom is -0.480 e. The van der Waals surface area contributed by atoms with E-state index in [4.69, 9.17) is 5.11 Å². The number of aliphatic carboxylic acids is 1. The lowest BCUT2D eigenvalue weighted by Crippen LogP contribution is -2.42. The van der Waals surface area contributed by atoms with Crippen molar-refractivity contribution in [3.63, 3.8) is 0 Å². The maximum atomic E-state index is 11.1. The van der Waals surface area contributed by atoms with E-state index in [2.05, 4.69) is 5.32 Å². The van der Waals surface area contributed by atoms with Crippen LogP contribution in [-0.2, 0) is 4.79 Å². The van der Waals surface area contributed by atoms with Crippen molar-refractivity contribution >= 4 is 5.97 Å². The van der Waals surface area contributed by atoms with Crippen molar-refractivity contribution in [2.45, 2.75) is 39.8 Å². The van der Waals surface area contributed by atoms with E-state index in [0.29, 0.717) is 0 Å². The molecule has 94 valence electrons. The fourth-order valence-corrected chi connectivity index (χ4v) is 1.77. The molecule has 0 radical (unpaired) electrons. The third-order valence-corrected chi connectivity index (χ3v) is 2.94. The van der Waals surface area contributed by atoms with Crippen molar-refractivity contribution in [2.24, 2.45) is 5.92 Å². The molecule has 0 aromatic heterocycles. The first-order valence-corrected chi connectivity index (χ1v) is 5.97. The summed E-state index contributed by atoms with van der Waals surface area (Å²) in [6.07, 6.45) is 0. The van der Waals surface area contributed by atoms with Crippen LogP contribution in [0, 0.1) is 12.8 Å². The highest BCUT2D eigenvalue weighted by Gasteiger charge is 2.23. The van der Waals surface area contributed by atoms with Gasteiger partial charge >= 0.3 is 5.97 Å². The SMILES string of the molecule is Cc1ccc([C@H](C)NC(C(=O)O)C(C)C)cc1. The van der Waals surface area contributed by atoms with Gasteiger partial charge in [0.25, 0.3) is 0 Å². The predicted octanol–water partition coefficient (Wildman–Crippen LogP) is 2.75. The second-order valence-electron chi connectivity index (χ2n) is 4.86. The zero-order valence-electron chi connectivity index (χ0n) is 10.9. The lowest BCUT2D eigenvalue weighted by Gasteiger charge is -2.23. The quantitative estimate of drug-likeness (QED) is 0.825. The Labute approximate surface area is 103 Å². The molecule has 0 aliphatic heterocycles. The van der Waals surface area contributed by atoms with Gasteiger partial charge in [0.1, 0.15) is 6.04 Å². The van der Waals surface area contributed by atoms with Crippen LogP contribution < -0.4 is 5.32 Å². The Kier molecular flexibility index (Phi) is 4.70. The Hall–Kier alpha value is -1.35. The van der Waals surface area contributed by atoms with E-state index in [-0.39, 0.29) is 12.0 Å². The van der Waals surface area contributed by atoms with Gasteiger partial charge in [-0.15, -0.1) is 0 Å². The van der Waals surface area contributed by atoms with Crippen LogP contribution in [0.2, 0.25) is 0 Å². The second-order valence-corrected chi connectivity index (χ2v) is 4.86. The number of carboxylic acid groups (broad SMARTS) is 1. The van der Waals surface area contributed by atoms with Gasteiger partial charge in [-0.3, -0.25) is 10.1 Å². The molecule has 0 amide bonds. The number of aryl methyl sites for hydroxylation is 1. The van der Waals surface area contributed by atoms with E-state index in [1.165, 1.54) is 5.56 Å². The molecular formula is C14H21NO2. The summed E-state index contributed by atoms with van der Waals surface area (Å²) in [6, 6.07) is 7.68. The maximum absolute atomic E-state index is 11.1. The average Bonchev–Trinajstić information content (AvgIpc) is 2.25. The number of benzene rings is 1. The van der Waals surface area contributed by atoms with Crippen LogP contribution >= 0.6 is 0 Å². The first-order chi connectivity index (χ1) is 7.91. The molecule has 0 bridgehead atoms. The molecule has 1 unspecified atom stereocenters. The molecular weight excluding hydrogens is 214 g/mol. The van der Waals surface area contributed by atoms with Gasteiger partial charge in [0.05, 0.1) is 0 Å². The standard InChI is InChI=1S/C14H21NO2/c1-9(2)13(14(16)17)15-11(4)12-7-5-10(3)6-8-12/h5-9,11,13,15H,1-4H3,(H,16,17)/t11-,13?/m0/s1. The maximum Gasteiger partial charge on any atom is 0.320 e. The summed E-state index contributed by atoms with van der Waals surface area (Å²) >= 11 is 0. The Morgan fingerprint density at radius 1 is 1.18 bits per heavy atom. The average molecular weight is 235 g/mol. The van der Waals surface area contributed by atoms with Crippen molar-refractivity contribution < 1.29 is 9.90 Å². The van der Waals surface area contributed by atoms with Gasteiger partial charge < -0.3 is 5.11 Å². The monoisotopic (exact) mass is 235 g/mol. The molecule has 0 saturated carbocycles. The molecule has 0 fully saturated rings. The van der Waals surface area contributed by atoms with Crippen molar-refractivity contribution in [1.29, 1.82) is 0 Å². The summed E-state index contributed by atoms with van der Waals surface area (Å²) in [5.74, 6) is -0.723. The van der Waals surface area contributed by atoms with Crippen LogP contribution in [0.5, 0.6) is 0 Å². The van der Waals surface area contributed by atoms with Crippen molar-refractivity contribution in [2.75, 3.05) is 0 Å². The Morgan fingerprint density at radius 3 is 2.12 bits per heavy atom. The molecule has 0 saturated heterocycles. The topological polar surface area (TPSA) is 49.3 Å². The van der Waals surface area contributed by atoms with Gasteiger partial charge in [0.15, 0.2) is 0 Å². The zero-order valence-corrected chi connectivity index (χ0v) is 10.9. The fourth-order valence-electron chi connectivity index (χ4n) is 1.77. The molecule has 17 heavy (non-hydrogen) atoms. The molecule has 1 aromatic carbocycles. The lowest BCUT2D eigenvalue weighted by atomic mass is 10.0. The number of hydrogen-bond acceptors (Lipinski definition) is 2. The minimum absolute atomic E-state index is 0.0408. The number of carbonyl (C=O) groups is 1. The van der Waals surface area contributed by atoms with Crippen LogP contribution in [0.3, 0.4) is 0 Å². The summed E-state index contributed by atoms with van der Waals surface area (Å²) in [4.78, 5) is 11.1. The Morgan fingerprint density at radius 2 is 1.71 bits per heavy atom. The summed E-state index contributed by atoms with van der Waals surface area (Å²) in [5, 5.41) is 12.3. The third kappa shape index (κ3) is 3.86. The molecule has 3 heteroatoms. The Bertz CT molecular complexity index is 370. The van der Waals surface area contributed by atoms with Crippen LogP contribution in [0.25, 0.3) is 0 Å². The van der Waals surface area contributed by atoms with Crippen molar-refractivity contribution in [1.82, 2.24) is 5.32 Å². The number of carboxylic acids is 1. The summed E-state index contributed by atoms with van der Waals surface area (Å²) in [7, 11) is 0. The molecule has 2 N–H and O–H groups in total. The van der Waals surface area contributed by atoms with Gasteiger partial charge in [0, 0.05) is 6.04 Å².